The van der Waals surface area contributed by atoms with Gasteiger partial charge in [0, 0.05) is 17.5 Å². The van der Waals surface area contributed by atoms with Gasteiger partial charge in [0.25, 0.3) is 0 Å². The molecule has 0 aliphatic carbocycles. The molecule has 0 aliphatic heterocycles. The first-order valence-electron chi connectivity index (χ1n) is 6.25. The van der Waals surface area contributed by atoms with Gasteiger partial charge in [-0.05, 0) is 30.7 Å². The smallest absolute Gasteiger partial charge is 0.469 e. The Bertz CT molecular complexity index is 634. The van der Waals surface area contributed by atoms with E-state index in [-0.39, 0.29) is 18.1 Å². The van der Waals surface area contributed by atoms with E-state index in [1.165, 1.54) is 37.6 Å². The molecule has 0 radical (unpaired) electrons. The lowest BCUT2D eigenvalue weighted by molar-refractivity contribution is -0.274. The SMILES string of the molecule is COC(=O)CCc1cnoc1-c1ccc(OC(F)(F)F)cc1. The maximum absolute atomic E-state index is 12.1. The summed E-state index contributed by atoms with van der Waals surface area (Å²) in [4.78, 5) is 11.1. The fraction of sp³-hybridized carbons (Fsp3) is 0.286. The zero-order valence-electron chi connectivity index (χ0n) is 11.5. The number of hydrogen-bond donors (Lipinski definition) is 0. The number of benzene rings is 1. The van der Waals surface area contributed by atoms with Gasteiger partial charge in [-0.15, -0.1) is 13.2 Å². The van der Waals surface area contributed by atoms with Crippen LogP contribution in [0.5, 0.6) is 5.75 Å². The third-order valence-electron chi connectivity index (χ3n) is 2.82. The van der Waals surface area contributed by atoms with Crippen LogP contribution in [-0.4, -0.2) is 24.6 Å². The summed E-state index contributed by atoms with van der Waals surface area (Å²) in [6.07, 6.45) is -2.77. The summed E-state index contributed by atoms with van der Waals surface area (Å²) in [6, 6.07) is 5.19. The van der Waals surface area contributed by atoms with Gasteiger partial charge in [-0.25, -0.2) is 0 Å². The van der Waals surface area contributed by atoms with Crippen LogP contribution in [0, 0.1) is 0 Å². The first kappa shape index (κ1) is 15.9. The highest BCUT2D eigenvalue weighted by Crippen LogP contribution is 2.28. The van der Waals surface area contributed by atoms with Crippen LogP contribution >= 0.6 is 0 Å². The second-order valence-electron chi connectivity index (χ2n) is 4.33. The van der Waals surface area contributed by atoms with Gasteiger partial charge in [-0.2, -0.15) is 0 Å². The molecule has 118 valence electrons. The van der Waals surface area contributed by atoms with Crippen molar-refractivity contribution < 1.29 is 32.0 Å². The zero-order chi connectivity index (χ0) is 16.2. The standard InChI is InChI=1S/C14H12F3NO4/c1-20-12(19)7-4-10-8-18-22-13(10)9-2-5-11(6-3-9)21-14(15,16)17/h2-3,5-6,8H,4,7H2,1H3. The monoisotopic (exact) mass is 315 g/mol. The number of aryl methyl sites for hydroxylation is 1. The molecule has 0 spiro atoms. The highest BCUT2D eigenvalue weighted by molar-refractivity contribution is 5.70. The Kier molecular flexibility index (Phi) is 4.69. The summed E-state index contributed by atoms with van der Waals surface area (Å²) in [5.74, 6) is -0.310. The molecule has 0 unspecified atom stereocenters. The van der Waals surface area contributed by atoms with Crippen LogP contribution in [0.3, 0.4) is 0 Å². The highest BCUT2D eigenvalue weighted by atomic mass is 19.4. The Balaban J connectivity index is 2.12. The van der Waals surface area contributed by atoms with Crippen LogP contribution in [0.1, 0.15) is 12.0 Å². The number of methoxy groups -OCH3 is 1. The second kappa shape index (κ2) is 6.50. The molecule has 1 aromatic heterocycles. The number of rotatable bonds is 5. The van der Waals surface area contributed by atoms with Crippen molar-refractivity contribution in [2.75, 3.05) is 7.11 Å². The minimum absolute atomic E-state index is 0.153. The minimum atomic E-state index is -4.74. The Morgan fingerprint density at radius 3 is 2.55 bits per heavy atom. The molecule has 0 saturated heterocycles. The molecule has 22 heavy (non-hydrogen) atoms. The van der Waals surface area contributed by atoms with E-state index in [1.807, 2.05) is 0 Å². The molecule has 0 saturated carbocycles. The van der Waals surface area contributed by atoms with Crippen molar-refractivity contribution in [3.63, 3.8) is 0 Å². The third-order valence-corrected chi connectivity index (χ3v) is 2.82. The van der Waals surface area contributed by atoms with Gasteiger partial charge in [0.1, 0.15) is 5.75 Å². The molecule has 2 rings (SSSR count). The normalized spacial score (nSPS) is 11.3. The van der Waals surface area contributed by atoms with Crippen LogP contribution in [0.15, 0.2) is 35.0 Å². The molecule has 0 atom stereocenters. The summed E-state index contributed by atoms with van der Waals surface area (Å²) < 4.78 is 49.7. The average molecular weight is 315 g/mol. The molecular weight excluding hydrogens is 303 g/mol. The van der Waals surface area contributed by atoms with Crippen molar-refractivity contribution in [3.05, 3.63) is 36.0 Å². The van der Waals surface area contributed by atoms with E-state index in [1.54, 1.807) is 0 Å². The number of nitrogens with zero attached hydrogens (tertiary/aromatic N) is 1. The van der Waals surface area contributed by atoms with Crippen LogP contribution in [0.4, 0.5) is 13.2 Å². The third kappa shape index (κ3) is 4.24. The van der Waals surface area contributed by atoms with Gasteiger partial charge >= 0.3 is 12.3 Å². The lowest BCUT2D eigenvalue weighted by Gasteiger charge is -2.08. The fourth-order valence-electron chi connectivity index (χ4n) is 1.82. The number of carbonyl (C=O) groups is 1. The largest absolute Gasteiger partial charge is 0.573 e. The fourth-order valence-corrected chi connectivity index (χ4v) is 1.82. The molecule has 1 aromatic carbocycles. The number of ether oxygens (including phenoxy) is 2. The zero-order valence-corrected chi connectivity index (χ0v) is 11.5. The molecule has 0 aliphatic rings. The molecular formula is C14H12F3NO4. The molecule has 0 N–H and O–H groups in total. The number of carbonyl (C=O) groups excluding carboxylic acids is 1. The van der Waals surface area contributed by atoms with Crippen LogP contribution in [0.2, 0.25) is 0 Å². The summed E-state index contributed by atoms with van der Waals surface area (Å²) in [7, 11) is 1.29. The molecule has 8 heteroatoms. The van der Waals surface area contributed by atoms with Gasteiger partial charge in [0.2, 0.25) is 0 Å². The van der Waals surface area contributed by atoms with E-state index in [2.05, 4.69) is 14.6 Å². The summed E-state index contributed by atoms with van der Waals surface area (Å²) in [6.45, 7) is 0. The topological polar surface area (TPSA) is 61.6 Å². The van der Waals surface area contributed by atoms with Crippen LogP contribution in [-0.2, 0) is 16.0 Å². The minimum Gasteiger partial charge on any atom is -0.469 e. The number of aromatic nitrogens is 1. The average Bonchev–Trinajstić information content (AvgIpc) is 2.92. The Morgan fingerprint density at radius 2 is 1.95 bits per heavy atom. The van der Waals surface area contributed by atoms with E-state index in [0.717, 1.165) is 0 Å². The van der Waals surface area contributed by atoms with Crippen molar-refractivity contribution in [1.82, 2.24) is 5.16 Å². The van der Waals surface area contributed by atoms with Crippen molar-refractivity contribution >= 4 is 5.97 Å². The molecule has 5 nitrogen and oxygen atoms in total. The summed E-state index contributed by atoms with van der Waals surface area (Å²) in [5, 5.41) is 3.65. The van der Waals surface area contributed by atoms with E-state index < -0.39 is 6.36 Å². The molecule has 2 aromatic rings. The van der Waals surface area contributed by atoms with Crippen LogP contribution in [0.25, 0.3) is 11.3 Å². The second-order valence-corrected chi connectivity index (χ2v) is 4.33. The Morgan fingerprint density at radius 1 is 1.27 bits per heavy atom. The quantitative estimate of drug-likeness (QED) is 0.792. The van der Waals surface area contributed by atoms with E-state index >= 15 is 0 Å². The Labute approximate surface area is 123 Å². The van der Waals surface area contributed by atoms with Crippen molar-refractivity contribution in [2.45, 2.75) is 19.2 Å². The first-order chi connectivity index (χ1) is 10.4. The predicted octanol–water partition coefficient (Wildman–Crippen LogP) is 3.35. The van der Waals surface area contributed by atoms with Gasteiger partial charge in [-0.3, -0.25) is 4.79 Å². The van der Waals surface area contributed by atoms with Crippen molar-refractivity contribution in [3.8, 4) is 17.1 Å². The maximum atomic E-state index is 12.1. The van der Waals surface area contributed by atoms with Gasteiger partial charge in [-0.1, -0.05) is 5.16 Å². The van der Waals surface area contributed by atoms with Gasteiger partial charge in [0.05, 0.1) is 13.3 Å². The predicted molar refractivity (Wildman–Crippen MR) is 69.0 cm³/mol. The van der Waals surface area contributed by atoms with E-state index in [9.17, 15) is 18.0 Å². The molecule has 0 fully saturated rings. The number of hydrogen-bond acceptors (Lipinski definition) is 5. The molecule has 1 heterocycles. The van der Waals surface area contributed by atoms with Crippen molar-refractivity contribution in [1.29, 1.82) is 0 Å². The lowest BCUT2D eigenvalue weighted by atomic mass is 10.1. The van der Waals surface area contributed by atoms with E-state index in [4.69, 9.17) is 4.52 Å². The van der Waals surface area contributed by atoms with Crippen molar-refractivity contribution in [2.24, 2.45) is 0 Å². The van der Waals surface area contributed by atoms with Gasteiger partial charge in [0.15, 0.2) is 5.76 Å². The number of alkyl halides is 3. The molecule has 0 amide bonds. The Hall–Kier alpha value is -2.51. The summed E-state index contributed by atoms with van der Waals surface area (Å²) >= 11 is 0. The summed E-state index contributed by atoms with van der Waals surface area (Å²) in [5.41, 5.74) is 1.20. The maximum Gasteiger partial charge on any atom is 0.573 e. The first-order valence-corrected chi connectivity index (χ1v) is 6.25. The highest BCUT2D eigenvalue weighted by Gasteiger charge is 2.31. The number of halogens is 3. The number of esters is 1. The van der Waals surface area contributed by atoms with Crippen LogP contribution < -0.4 is 4.74 Å². The lowest BCUT2D eigenvalue weighted by Crippen LogP contribution is -2.16. The van der Waals surface area contributed by atoms with Gasteiger partial charge < -0.3 is 14.0 Å². The molecule has 0 bridgehead atoms. The van der Waals surface area contributed by atoms with E-state index in [0.29, 0.717) is 23.3 Å².